The van der Waals surface area contributed by atoms with Gasteiger partial charge in [0.25, 0.3) is 0 Å². The van der Waals surface area contributed by atoms with Crippen LogP contribution in [-0.2, 0) is 14.3 Å². The highest BCUT2D eigenvalue weighted by atomic mass is 16.5. The summed E-state index contributed by atoms with van der Waals surface area (Å²) in [6.07, 6.45) is 3.67. The fourth-order valence-corrected chi connectivity index (χ4v) is 6.90. The summed E-state index contributed by atoms with van der Waals surface area (Å²) in [6.45, 7) is 7.01. The van der Waals surface area contributed by atoms with E-state index < -0.39 is 34.6 Å². The van der Waals surface area contributed by atoms with Crippen LogP contribution < -0.4 is 0 Å². The number of carbonyl (C=O) groups is 2. The van der Waals surface area contributed by atoms with Crippen LogP contribution in [0.15, 0.2) is 23.3 Å². The van der Waals surface area contributed by atoms with Crippen LogP contribution in [0.2, 0.25) is 0 Å². The van der Waals surface area contributed by atoms with E-state index >= 15 is 0 Å². The summed E-state index contributed by atoms with van der Waals surface area (Å²) < 4.78 is 5.29. The first-order valence-corrected chi connectivity index (χ1v) is 10.5. The Bertz CT molecular complexity index is 829. The van der Waals surface area contributed by atoms with Gasteiger partial charge in [-0.25, -0.2) is 0 Å². The number of ether oxygens (including phenoxy) is 1. The number of carbonyl (C=O) groups excluding carboxylic acids is 2. The number of hydrogen-bond acceptors (Lipinski definition) is 6. The molecule has 0 aliphatic heterocycles. The predicted octanol–water partition coefficient (Wildman–Crippen LogP) is 1.43. The molecule has 2 fully saturated rings. The van der Waals surface area contributed by atoms with Crippen LogP contribution in [0.5, 0.6) is 0 Å². The van der Waals surface area contributed by atoms with Gasteiger partial charge >= 0.3 is 0 Å². The summed E-state index contributed by atoms with van der Waals surface area (Å²) in [4.78, 5) is 26.0. The van der Waals surface area contributed by atoms with Crippen molar-refractivity contribution < 1.29 is 29.6 Å². The van der Waals surface area contributed by atoms with Crippen molar-refractivity contribution in [3.05, 3.63) is 23.3 Å². The van der Waals surface area contributed by atoms with Crippen molar-refractivity contribution in [2.45, 2.75) is 57.8 Å². The Hall–Kier alpha value is -1.34. The molecular weight excluding hydrogens is 372 g/mol. The van der Waals surface area contributed by atoms with E-state index in [9.17, 15) is 24.9 Å². The molecule has 9 atom stereocenters. The van der Waals surface area contributed by atoms with Gasteiger partial charge in [-0.15, -0.1) is 0 Å². The summed E-state index contributed by atoms with van der Waals surface area (Å²) >= 11 is 0. The molecule has 0 amide bonds. The Balaban J connectivity index is 1.84. The first-order valence-electron chi connectivity index (χ1n) is 10.5. The number of methoxy groups -OCH3 is 1. The molecule has 4 aliphatic carbocycles. The number of aliphatic hydroxyl groups excluding tert-OH is 1. The van der Waals surface area contributed by atoms with Gasteiger partial charge in [0.1, 0.15) is 11.7 Å². The van der Waals surface area contributed by atoms with Crippen molar-refractivity contribution >= 4 is 11.6 Å². The molecule has 4 aliphatic rings. The molecule has 0 saturated heterocycles. The zero-order chi connectivity index (χ0) is 21.5. The third-order valence-electron chi connectivity index (χ3n) is 8.65. The zero-order valence-electron chi connectivity index (χ0n) is 17.8. The summed E-state index contributed by atoms with van der Waals surface area (Å²) in [5, 5.41) is 33.5. The molecule has 3 N–H and O–H groups in total. The predicted molar refractivity (Wildman–Crippen MR) is 106 cm³/mol. The number of Topliss-reactive ketones (excluding diaryl/α,β-unsaturated/α-hetero) is 2. The first kappa shape index (κ1) is 20.9. The van der Waals surface area contributed by atoms with Crippen molar-refractivity contribution in [2.24, 2.45) is 35.0 Å². The van der Waals surface area contributed by atoms with Crippen LogP contribution in [0.1, 0.15) is 40.5 Å². The van der Waals surface area contributed by atoms with E-state index in [4.69, 9.17) is 4.74 Å². The number of aliphatic hydroxyl groups is 3. The second kappa shape index (κ2) is 6.33. The van der Waals surface area contributed by atoms with Crippen molar-refractivity contribution in [3.8, 4) is 0 Å². The monoisotopic (exact) mass is 404 g/mol. The number of hydrogen-bond donors (Lipinski definition) is 3. The van der Waals surface area contributed by atoms with Crippen LogP contribution in [0.25, 0.3) is 0 Å². The highest BCUT2D eigenvalue weighted by Crippen LogP contribution is 2.73. The lowest BCUT2D eigenvalue weighted by atomic mass is 9.60. The summed E-state index contributed by atoms with van der Waals surface area (Å²) in [6, 6.07) is 0. The van der Waals surface area contributed by atoms with Crippen molar-refractivity contribution in [3.63, 3.8) is 0 Å². The van der Waals surface area contributed by atoms with Crippen LogP contribution >= 0.6 is 0 Å². The molecule has 0 aromatic rings. The minimum absolute atomic E-state index is 0.00287. The number of fused-ring (bicyclic) bond motifs is 5. The molecule has 0 radical (unpaired) electrons. The van der Waals surface area contributed by atoms with Gasteiger partial charge in [0.2, 0.25) is 0 Å². The second-order valence-corrected chi connectivity index (χ2v) is 9.95. The van der Waals surface area contributed by atoms with Crippen molar-refractivity contribution in [1.29, 1.82) is 0 Å². The maximum absolute atomic E-state index is 13.1. The van der Waals surface area contributed by atoms with Crippen LogP contribution in [0.3, 0.4) is 0 Å². The number of ketones is 2. The standard InChI is InChI=1S/C23H32O6/c1-11-6-17-22(27,19(11)25)9-14(10-24)8-16-18-15(7-12(2)23(16,17)28)21(18,4)20(26)13(3)29-5/h6,8,12-13,15-18,24,27-28H,7,9-10H2,1-5H3/t12-,13?,15?,16+,17-,18-,21?,22-,23-/m1/s1. The van der Waals surface area contributed by atoms with E-state index in [1.54, 1.807) is 19.9 Å². The third-order valence-corrected chi connectivity index (χ3v) is 8.65. The second-order valence-electron chi connectivity index (χ2n) is 9.95. The highest BCUT2D eigenvalue weighted by molar-refractivity contribution is 6.05. The van der Waals surface area contributed by atoms with Gasteiger partial charge in [-0.3, -0.25) is 9.59 Å². The molecule has 6 nitrogen and oxygen atoms in total. The molecule has 0 heterocycles. The molecular formula is C23H32O6. The van der Waals surface area contributed by atoms with Gasteiger partial charge < -0.3 is 20.1 Å². The summed E-state index contributed by atoms with van der Waals surface area (Å²) in [5.41, 5.74) is -2.75. The molecule has 0 spiro atoms. The minimum atomic E-state index is -1.75. The van der Waals surface area contributed by atoms with Gasteiger partial charge in [-0.1, -0.05) is 26.0 Å². The van der Waals surface area contributed by atoms with Gasteiger partial charge in [-0.05, 0) is 49.2 Å². The normalized spacial score (nSPS) is 49.2. The summed E-state index contributed by atoms with van der Waals surface area (Å²) in [7, 11) is 1.52. The molecule has 3 unspecified atom stereocenters. The van der Waals surface area contributed by atoms with Crippen molar-refractivity contribution in [2.75, 3.05) is 13.7 Å². The Morgan fingerprint density at radius 2 is 2.00 bits per heavy atom. The zero-order valence-corrected chi connectivity index (χ0v) is 17.8. The molecule has 0 aromatic heterocycles. The van der Waals surface area contributed by atoms with E-state index in [-0.39, 0.29) is 42.3 Å². The lowest BCUT2D eigenvalue weighted by Crippen LogP contribution is -2.59. The summed E-state index contributed by atoms with van der Waals surface area (Å²) in [5.74, 6) is -1.76. The Kier molecular flexibility index (Phi) is 4.57. The van der Waals surface area contributed by atoms with Crippen LogP contribution in [0, 0.1) is 35.0 Å². The first-order chi connectivity index (χ1) is 13.5. The maximum Gasteiger partial charge on any atom is 0.190 e. The third kappa shape index (κ3) is 2.43. The number of rotatable bonds is 4. The lowest BCUT2D eigenvalue weighted by molar-refractivity contribution is -0.168. The molecule has 0 aromatic carbocycles. The molecule has 6 heteroatoms. The Morgan fingerprint density at radius 1 is 1.34 bits per heavy atom. The Labute approximate surface area is 171 Å². The SMILES string of the molecule is COC(C)C(=O)C1(C)C2C[C@@H](C)[C@@]3(O)[C@@H](C=C(CO)C[C@]4(O)C(=O)C(C)=C[C@@H]34)[C@@H]21. The smallest absolute Gasteiger partial charge is 0.190 e. The molecule has 29 heavy (non-hydrogen) atoms. The molecule has 0 bridgehead atoms. The minimum Gasteiger partial charge on any atom is -0.392 e. The van der Waals surface area contributed by atoms with Crippen LogP contribution in [-0.4, -0.2) is 57.9 Å². The van der Waals surface area contributed by atoms with E-state index in [0.717, 1.165) is 0 Å². The van der Waals surface area contributed by atoms with Crippen LogP contribution in [0.4, 0.5) is 0 Å². The van der Waals surface area contributed by atoms with Crippen molar-refractivity contribution in [1.82, 2.24) is 0 Å². The fraction of sp³-hybridized carbons (Fsp3) is 0.739. The lowest BCUT2D eigenvalue weighted by Gasteiger charge is -2.49. The quantitative estimate of drug-likeness (QED) is 0.613. The van der Waals surface area contributed by atoms with Gasteiger partial charge in [-0.2, -0.15) is 0 Å². The topological polar surface area (TPSA) is 104 Å². The average molecular weight is 405 g/mol. The fourth-order valence-electron chi connectivity index (χ4n) is 6.90. The van der Waals surface area contributed by atoms with Gasteiger partial charge in [0.05, 0.1) is 12.2 Å². The molecule has 4 rings (SSSR count). The average Bonchev–Trinajstić information content (AvgIpc) is 3.24. The molecule has 160 valence electrons. The Morgan fingerprint density at radius 3 is 2.59 bits per heavy atom. The van der Waals surface area contributed by atoms with Gasteiger partial charge in [0.15, 0.2) is 11.6 Å². The maximum atomic E-state index is 13.1. The van der Waals surface area contributed by atoms with E-state index in [1.807, 2.05) is 19.9 Å². The van der Waals surface area contributed by atoms with E-state index in [0.29, 0.717) is 17.6 Å². The van der Waals surface area contributed by atoms with E-state index in [1.165, 1.54) is 7.11 Å². The van der Waals surface area contributed by atoms with E-state index in [2.05, 4.69) is 0 Å². The molecule has 2 saturated carbocycles. The largest absolute Gasteiger partial charge is 0.392 e. The highest BCUT2D eigenvalue weighted by Gasteiger charge is 2.77. The van der Waals surface area contributed by atoms with Gasteiger partial charge in [0, 0.05) is 30.8 Å².